The first-order valence-electron chi connectivity index (χ1n) is 4.55. The molecule has 1 aromatic rings. The van der Waals surface area contributed by atoms with Gasteiger partial charge >= 0.3 is 0 Å². The van der Waals surface area contributed by atoms with E-state index in [2.05, 4.69) is 5.32 Å². The number of hydrogen-bond acceptors (Lipinski definition) is 3. The number of nitrogens with one attached hydrogen (secondary N) is 1. The van der Waals surface area contributed by atoms with Gasteiger partial charge in [0, 0.05) is 38.1 Å². The number of aromatic nitrogens is 1. The molecule has 1 N–H and O–H groups in total. The minimum Gasteiger partial charge on any atom is -0.383 e. The van der Waals surface area contributed by atoms with Gasteiger partial charge in [-0.25, -0.2) is 0 Å². The smallest absolute Gasteiger partial charge is 0.252 e. The number of nitrogens with zero attached hydrogens (tertiary/aromatic N) is 1. The zero-order chi connectivity index (χ0) is 10.6. The zero-order valence-electron chi connectivity index (χ0n) is 8.78. The Balaban J connectivity index is 2.68. The third kappa shape index (κ3) is 2.88. The van der Waals surface area contributed by atoms with Crippen molar-refractivity contribution in [3.05, 3.63) is 28.7 Å². The van der Waals surface area contributed by atoms with E-state index in [0.29, 0.717) is 6.61 Å². The molecule has 1 aromatic heterocycles. The van der Waals surface area contributed by atoms with E-state index < -0.39 is 0 Å². The molecule has 0 saturated carbocycles. The maximum Gasteiger partial charge on any atom is 0.252 e. The van der Waals surface area contributed by atoms with E-state index in [1.54, 1.807) is 26.4 Å². The summed E-state index contributed by atoms with van der Waals surface area (Å²) in [4.78, 5) is 11.3. The van der Waals surface area contributed by atoms with Gasteiger partial charge in [0.2, 0.25) is 0 Å². The van der Waals surface area contributed by atoms with Crippen molar-refractivity contribution in [1.29, 1.82) is 0 Å². The highest BCUT2D eigenvalue weighted by molar-refractivity contribution is 5.41. The topological polar surface area (TPSA) is 43.3 Å². The van der Waals surface area contributed by atoms with Crippen molar-refractivity contribution in [2.75, 3.05) is 19.0 Å². The number of pyridine rings is 1. The van der Waals surface area contributed by atoms with E-state index in [9.17, 15) is 4.79 Å². The number of hydrogen-bond donors (Lipinski definition) is 1. The molecule has 0 aliphatic rings. The van der Waals surface area contributed by atoms with Crippen LogP contribution in [0.3, 0.4) is 0 Å². The number of rotatable bonds is 4. The van der Waals surface area contributed by atoms with E-state index in [0.717, 1.165) is 5.69 Å². The molecule has 1 heterocycles. The van der Waals surface area contributed by atoms with Gasteiger partial charge in [-0.05, 0) is 13.0 Å². The number of ether oxygens (including phenoxy) is 1. The van der Waals surface area contributed by atoms with Gasteiger partial charge in [0.05, 0.1) is 6.61 Å². The monoisotopic (exact) mass is 196 g/mol. The maximum atomic E-state index is 11.3. The summed E-state index contributed by atoms with van der Waals surface area (Å²) >= 11 is 0. The van der Waals surface area contributed by atoms with Crippen LogP contribution in [0.2, 0.25) is 0 Å². The molecule has 1 rings (SSSR count). The molecule has 0 spiro atoms. The highest BCUT2D eigenvalue weighted by Gasteiger charge is 2.01. The predicted molar refractivity (Wildman–Crippen MR) is 56.6 cm³/mol. The van der Waals surface area contributed by atoms with Crippen LogP contribution >= 0.6 is 0 Å². The second-order valence-electron chi connectivity index (χ2n) is 3.37. The van der Waals surface area contributed by atoms with Crippen LogP contribution in [-0.2, 0) is 11.8 Å². The molecule has 1 unspecified atom stereocenters. The van der Waals surface area contributed by atoms with Crippen molar-refractivity contribution in [3.8, 4) is 0 Å². The van der Waals surface area contributed by atoms with Crippen molar-refractivity contribution in [3.63, 3.8) is 0 Å². The molecule has 4 nitrogen and oxygen atoms in total. The number of methoxy groups -OCH3 is 1. The van der Waals surface area contributed by atoms with Gasteiger partial charge in [0.1, 0.15) is 0 Å². The van der Waals surface area contributed by atoms with Gasteiger partial charge in [-0.3, -0.25) is 4.79 Å². The van der Waals surface area contributed by atoms with Crippen LogP contribution in [0.1, 0.15) is 6.92 Å². The van der Waals surface area contributed by atoms with Crippen molar-refractivity contribution < 1.29 is 4.74 Å². The Kier molecular flexibility index (Phi) is 3.71. The average molecular weight is 196 g/mol. The Morgan fingerprint density at radius 1 is 1.64 bits per heavy atom. The zero-order valence-corrected chi connectivity index (χ0v) is 8.78. The van der Waals surface area contributed by atoms with E-state index in [-0.39, 0.29) is 11.6 Å². The molecule has 0 amide bonds. The lowest BCUT2D eigenvalue weighted by Crippen LogP contribution is -2.23. The van der Waals surface area contributed by atoms with Crippen molar-refractivity contribution in [2.24, 2.45) is 7.05 Å². The second-order valence-corrected chi connectivity index (χ2v) is 3.37. The van der Waals surface area contributed by atoms with Crippen LogP contribution in [0.4, 0.5) is 5.69 Å². The van der Waals surface area contributed by atoms with Crippen LogP contribution in [-0.4, -0.2) is 24.3 Å². The Morgan fingerprint density at radius 2 is 2.36 bits per heavy atom. The fraction of sp³-hybridized carbons (Fsp3) is 0.500. The van der Waals surface area contributed by atoms with E-state index in [1.165, 1.54) is 4.57 Å². The summed E-state index contributed by atoms with van der Waals surface area (Å²) in [5.74, 6) is 0. The van der Waals surface area contributed by atoms with Crippen LogP contribution < -0.4 is 10.9 Å². The molecule has 0 radical (unpaired) electrons. The van der Waals surface area contributed by atoms with Crippen molar-refractivity contribution in [1.82, 2.24) is 4.57 Å². The van der Waals surface area contributed by atoms with Gasteiger partial charge in [0.15, 0.2) is 0 Å². The molecule has 0 fully saturated rings. The summed E-state index contributed by atoms with van der Waals surface area (Å²) in [5.41, 5.74) is 0.817. The van der Waals surface area contributed by atoms with E-state index in [4.69, 9.17) is 4.74 Å². The molecule has 0 bridgehead atoms. The fourth-order valence-electron chi connectivity index (χ4n) is 1.21. The lowest BCUT2D eigenvalue weighted by molar-refractivity contribution is 0.190. The molecule has 14 heavy (non-hydrogen) atoms. The SMILES string of the molecule is COCC(C)Nc1ccn(C)c(=O)c1. The molecular formula is C10H16N2O2. The number of aryl methyl sites for hydroxylation is 1. The minimum atomic E-state index is -0.0142. The summed E-state index contributed by atoms with van der Waals surface area (Å²) in [5, 5.41) is 3.17. The Bertz CT molecular complexity index is 346. The Morgan fingerprint density at radius 3 is 2.93 bits per heavy atom. The van der Waals surface area contributed by atoms with Crippen LogP contribution in [0.5, 0.6) is 0 Å². The maximum absolute atomic E-state index is 11.3. The minimum absolute atomic E-state index is 0.0142. The first-order valence-corrected chi connectivity index (χ1v) is 4.55. The summed E-state index contributed by atoms with van der Waals surface area (Å²) in [6, 6.07) is 3.65. The summed E-state index contributed by atoms with van der Waals surface area (Å²) in [6.07, 6.45) is 1.74. The molecular weight excluding hydrogens is 180 g/mol. The third-order valence-corrected chi connectivity index (χ3v) is 1.93. The first kappa shape index (κ1) is 10.8. The van der Waals surface area contributed by atoms with Gasteiger partial charge in [-0.1, -0.05) is 0 Å². The normalized spacial score (nSPS) is 12.5. The number of anilines is 1. The van der Waals surface area contributed by atoms with Crippen molar-refractivity contribution in [2.45, 2.75) is 13.0 Å². The Hall–Kier alpha value is -1.29. The molecule has 4 heteroatoms. The van der Waals surface area contributed by atoms with Gasteiger partial charge < -0.3 is 14.6 Å². The Labute approximate surface area is 83.5 Å². The molecule has 0 aliphatic carbocycles. The third-order valence-electron chi connectivity index (χ3n) is 1.93. The molecule has 0 saturated heterocycles. The van der Waals surface area contributed by atoms with E-state index in [1.807, 2.05) is 13.0 Å². The highest BCUT2D eigenvalue weighted by atomic mass is 16.5. The van der Waals surface area contributed by atoms with E-state index >= 15 is 0 Å². The quantitative estimate of drug-likeness (QED) is 0.775. The standard InChI is InChI=1S/C10H16N2O2/c1-8(7-14-3)11-9-4-5-12(2)10(13)6-9/h4-6,8,11H,7H2,1-3H3. The molecule has 0 aromatic carbocycles. The van der Waals surface area contributed by atoms with Crippen LogP contribution in [0.25, 0.3) is 0 Å². The predicted octanol–water partition coefficient (Wildman–Crippen LogP) is 0.832. The fourth-order valence-corrected chi connectivity index (χ4v) is 1.21. The first-order chi connectivity index (χ1) is 6.63. The second kappa shape index (κ2) is 4.81. The lowest BCUT2D eigenvalue weighted by Gasteiger charge is -2.13. The molecule has 1 atom stereocenters. The van der Waals surface area contributed by atoms with Gasteiger partial charge in [0.25, 0.3) is 5.56 Å². The summed E-state index contributed by atoms with van der Waals surface area (Å²) in [7, 11) is 3.38. The van der Waals surface area contributed by atoms with Gasteiger partial charge in [-0.2, -0.15) is 0 Å². The van der Waals surface area contributed by atoms with Crippen LogP contribution in [0.15, 0.2) is 23.1 Å². The lowest BCUT2D eigenvalue weighted by atomic mass is 10.3. The largest absolute Gasteiger partial charge is 0.383 e. The molecule has 0 aliphatic heterocycles. The van der Waals surface area contributed by atoms with Crippen molar-refractivity contribution >= 4 is 5.69 Å². The molecule has 78 valence electrons. The summed E-state index contributed by atoms with van der Waals surface area (Å²) < 4.78 is 6.52. The van der Waals surface area contributed by atoms with Crippen LogP contribution in [0, 0.1) is 0 Å². The summed E-state index contributed by atoms with van der Waals surface area (Å²) in [6.45, 7) is 2.62. The highest BCUT2D eigenvalue weighted by Crippen LogP contribution is 2.03. The average Bonchev–Trinajstić information content (AvgIpc) is 2.12. The van der Waals surface area contributed by atoms with Gasteiger partial charge in [-0.15, -0.1) is 0 Å².